The Hall–Kier alpha value is -1.44. The van der Waals surface area contributed by atoms with E-state index in [0.717, 1.165) is 19.4 Å². The summed E-state index contributed by atoms with van der Waals surface area (Å²) in [6.45, 7) is 4.01. The topological polar surface area (TPSA) is 75.7 Å². The molecule has 0 aromatic heterocycles. The van der Waals surface area contributed by atoms with Gasteiger partial charge in [0.2, 0.25) is 10.0 Å². The molecule has 7 heteroatoms. The molecule has 0 spiro atoms. The second-order valence-electron chi connectivity index (χ2n) is 5.65. The molecule has 1 aromatic carbocycles. The van der Waals surface area contributed by atoms with Gasteiger partial charge in [-0.05, 0) is 63.5 Å². The molecule has 0 aliphatic carbocycles. The van der Waals surface area contributed by atoms with Crippen molar-refractivity contribution in [1.29, 1.82) is 0 Å². The fraction of sp³-hybridized carbons (Fsp3) is 0.562. The zero-order valence-electron chi connectivity index (χ0n) is 13.6. The van der Waals surface area contributed by atoms with Gasteiger partial charge < -0.3 is 10.1 Å². The van der Waals surface area contributed by atoms with E-state index in [9.17, 15) is 13.2 Å². The Morgan fingerprint density at radius 1 is 1.26 bits per heavy atom. The molecule has 1 saturated heterocycles. The summed E-state index contributed by atoms with van der Waals surface area (Å²) in [5.41, 5.74) is 0.360. The summed E-state index contributed by atoms with van der Waals surface area (Å²) in [5, 5.41) is 3.14. The van der Waals surface area contributed by atoms with Crippen LogP contribution >= 0.6 is 0 Å². The van der Waals surface area contributed by atoms with Crippen LogP contribution in [0.4, 0.5) is 0 Å². The lowest BCUT2D eigenvalue weighted by Crippen LogP contribution is -2.40. The number of rotatable bonds is 6. The molecule has 0 amide bonds. The van der Waals surface area contributed by atoms with Crippen molar-refractivity contribution in [1.82, 2.24) is 9.62 Å². The Balaban J connectivity index is 2.07. The van der Waals surface area contributed by atoms with Crippen LogP contribution < -0.4 is 5.32 Å². The van der Waals surface area contributed by atoms with E-state index in [2.05, 4.69) is 5.32 Å². The zero-order valence-corrected chi connectivity index (χ0v) is 14.4. The van der Waals surface area contributed by atoms with E-state index in [1.165, 1.54) is 28.6 Å². The fourth-order valence-corrected chi connectivity index (χ4v) is 4.24. The van der Waals surface area contributed by atoms with Crippen molar-refractivity contribution in [2.75, 3.05) is 33.3 Å². The molecule has 2 rings (SSSR count). The van der Waals surface area contributed by atoms with Crippen molar-refractivity contribution < 1.29 is 17.9 Å². The number of esters is 1. The second kappa shape index (κ2) is 7.90. The molecule has 1 aliphatic heterocycles. The lowest BCUT2D eigenvalue weighted by atomic mass is 9.98. The minimum Gasteiger partial charge on any atom is -0.462 e. The van der Waals surface area contributed by atoms with Crippen LogP contribution in [0.3, 0.4) is 0 Å². The van der Waals surface area contributed by atoms with Crippen LogP contribution in [0, 0.1) is 5.92 Å². The van der Waals surface area contributed by atoms with E-state index in [1.54, 1.807) is 6.92 Å². The average Bonchev–Trinajstić information content (AvgIpc) is 2.56. The molecule has 1 aromatic rings. The van der Waals surface area contributed by atoms with Gasteiger partial charge in [-0.2, -0.15) is 4.31 Å². The van der Waals surface area contributed by atoms with Crippen molar-refractivity contribution >= 4 is 16.0 Å². The standard InChI is InChI=1S/C16H24N2O4S/c1-3-22-16(19)14-4-6-15(7-5-14)23(20,21)18-10-8-13(9-11-18)12-17-2/h4-7,13,17H,3,8-12H2,1-2H3. The van der Waals surface area contributed by atoms with Crippen LogP contribution in [-0.4, -0.2) is 52.0 Å². The molecular weight excluding hydrogens is 316 g/mol. The zero-order chi connectivity index (χ0) is 16.9. The molecule has 0 unspecified atom stereocenters. The average molecular weight is 340 g/mol. The number of nitrogens with zero attached hydrogens (tertiary/aromatic N) is 1. The molecule has 1 fully saturated rings. The van der Waals surface area contributed by atoms with Crippen LogP contribution in [0.2, 0.25) is 0 Å². The maximum atomic E-state index is 12.7. The van der Waals surface area contributed by atoms with Gasteiger partial charge in [0.15, 0.2) is 0 Å². The summed E-state index contributed by atoms with van der Waals surface area (Å²) >= 11 is 0. The maximum Gasteiger partial charge on any atom is 0.338 e. The van der Waals surface area contributed by atoms with Gasteiger partial charge in [-0.25, -0.2) is 13.2 Å². The molecule has 0 atom stereocenters. The monoisotopic (exact) mass is 340 g/mol. The van der Waals surface area contributed by atoms with E-state index in [-0.39, 0.29) is 4.90 Å². The van der Waals surface area contributed by atoms with Crippen molar-refractivity contribution in [3.63, 3.8) is 0 Å². The second-order valence-corrected chi connectivity index (χ2v) is 7.59. The summed E-state index contributed by atoms with van der Waals surface area (Å²) in [7, 11) is -1.58. The Labute approximate surface area is 137 Å². The molecule has 128 valence electrons. The van der Waals surface area contributed by atoms with Crippen molar-refractivity contribution in [3.05, 3.63) is 29.8 Å². The number of sulfonamides is 1. The van der Waals surface area contributed by atoms with E-state index < -0.39 is 16.0 Å². The third-order valence-corrected chi connectivity index (χ3v) is 5.98. The Kier molecular flexibility index (Phi) is 6.15. The molecule has 1 heterocycles. The van der Waals surface area contributed by atoms with E-state index in [4.69, 9.17) is 4.74 Å². The summed E-state index contributed by atoms with van der Waals surface area (Å²) in [5.74, 6) is 0.0852. The largest absolute Gasteiger partial charge is 0.462 e. The van der Waals surface area contributed by atoms with Gasteiger partial charge in [0.25, 0.3) is 0 Å². The highest BCUT2D eigenvalue weighted by Crippen LogP contribution is 2.23. The van der Waals surface area contributed by atoms with Gasteiger partial charge >= 0.3 is 5.97 Å². The van der Waals surface area contributed by atoms with Gasteiger partial charge in [-0.1, -0.05) is 0 Å². The van der Waals surface area contributed by atoms with Gasteiger partial charge in [0, 0.05) is 13.1 Å². The summed E-state index contributed by atoms with van der Waals surface area (Å²) < 4.78 is 31.7. The summed E-state index contributed by atoms with van der Waals surface area (Å²) in [4.78, 5) is 11.8. The highest BCUT2D eigenvalue weighted by atomic mass is 32.2. The lowest BCUT2D eigenvalue weighted by Gasteiger charge is -2.31. The number of hydrogen-bond acceptors (Lipinski definition) is 5. The number of nitrogens with one attached hydrogen (secondary N) is 1. The molecule has 0 saturated carbocycles. The smallest absolute Gasteiger partial charge is 0.338 e. The van der Waals surface area contributed by atoms with Crippen LogP contribution in [0.5, 0.6) is 0 Å². The van der Waals surface area contributed by atoms with Crippen molar-refractivity contribution in [2.45, 2.75) is 24.7 Å². The highest BCUT2D eigenvalue weighted by molar-refractivity contribution is 7.89. The predicted molar refractivity (Wildman–Crippen MR) is 87.8 cm³/mol. The van der Waals surface area contributed by atoms with Crippen LogP contribution in [0.15, 0.2) is 29.2 Å². The predicted octanol–water partition coefficient (Wildman–Crippen LogP) is 1.48. The minimum absolute atomic E-state index is 0.220. The van der Waals surface area contributed by atoms with Crippen LogP contribution in [0.25, 0.3) is 0 Å². The van der Waals surface area contributed by atoms with Gasteiger partial charge in [0.1, 0.15) is 0 Å². The Morgan fingerprint density at radius 2 is 1.87 bits per heavy atom. The molecule has 1 aliphatic rings. The van der Waals surface area contributed by atoms with Crippen LogP contribution in [0.1, 0.15) is 30.1 Å². The number of carbonyl (C=O) groups excluding carboxylic acids is 1. The van der Waals surface area contributed by atoms with Crippen molar-refractivity contribution in [3.8, 4) is 0 Å². The lowest BCUT2D eigenvalue weighted by molar-refractivity contribution is 0.0526. The first kappa shape index (κ1) is 17.9. The molecule has 1 N–H and O–H groups in total. The van der Waals surface area contributed by atoms with Crippen LogP contribution in [-0.2, 0) is 14.8 Å². The number of carbonyl (C=O) groups is 1. The summed E-state index contributed by atoms with van der Waals surface area (Å²) in [6, 6.07) is 5.94. The number of ether oxygens (including phenoxy) is 1. The third kappa shape index (κ3) is 4.31. The van der Waals surface area contributed by atoms with Gasteiger partial charge in [-0.3, -0.25) is 0 Å². The molecule has 0 bridgehead atoms. The molecular formula is C16H24N2O4S. The van der Waals surface area contributed by atoms with Crippen molar-refractivity contribution in [2.24, 2.45) is 5.92 Å². The highest BCUT2D eigenvalue weighted by Gasteiger charge is 2.29. The first-order chi connectivity index (χ1) is 11.0. The SMILES string of the molecule is CCOC(=O)c1ccc(S(=O)(=O)N2CCC(CNC)CC2)cc1. The van der Waals surface area contributed by atoms with E-state index in [0.29, 0.717) is 31.2 Å². The molecule has 0 radical (unpaired) electrons. The van der Waals surface area contributed by atoms with Gasteiger partial charge in [0.05, 0.1) is 17.1 Å². The molecule has 23 heavy (non-hydrogen) atoms. The normalized spacial score (nSPS) is 17.1. The summed E-state index contributed by atoms with van der Waals surface area (Å²) in [6.07, 6.45) is 1.72. The number of hydrogen-bond donors (Lipinski definition) is 1. The fourth-order valence-electron chi connectivity index (χ4n) is 2.77. The minimum atomic E-state index is -3.49. The first-order valence-electron chi connectivity index (χ1n) is 7.91. The van der Waals surface area contributed by atoms with E-state index >= 15 is 0 Å². The Morgan fingerprint density at radius 3 is 2.39 bits per heavy atom. The maximum absolute atomic E-state index is 12.7. The Bertz CT molecular complexity index is 620. The van der Waals surface area contributed by atoms with Gasteiger partial charge in [-0.15, -0.1) is 0 Å². The number of piperidine rings is 1. The number of benzene rings is 1. The molecule has 6 nitrogen and oxygen atoms in total. The first-order valence-corrected chi connectivity index (χ1v) is 9.35. The van der Waals surface area contributed by atoms with E-state index in [1.807, 2.05) is 7.05 Å². The third-order valence-electron chi connectivity index (χ3n) is 4.07. The quantitative estimate of drug-likeness (QED) is 0.794.